The van der Waals surface area contributed by atoms with Crippen molar-refractivity contribution in [3.8, 4) is 5.75 Å². The molecular weight excluding hydrogens is 412 g/mol. The Morgan fingerprint density at radius 2 is 1.77 bits per heavy atom. The molecular formula is C21H27F2N3O3S. The quantitative estimate of drug-likeness (QED) is 0.319. The molecule has 0 aliphatic rings. The number of sulfone groups is 1. The number of halogens is 2. The van der Waals surface area contributed by atoms with E-state index in [2.05, 4.69) is 20.4 Å². The van der Waals surface area contributed by atoms with Gasteiger partial charge >= 0.3 is 6.61 Å². The molecule has 0 bridgehead atoms. The van der Waals surface area contributed by atoms with Gasteiger partial charge in [0.05, 0.1) is 18.1 Å². The first-order chi connectivity index (χ1) is 14.4. The fourth-order valence-corrected chi connectivity index (χ4v) is 4.18. The van der Waals surface area contributed by atoms with Gasteiger partial charge in [-0.2, -0.15) is 8.78 Å². The van der Waals surface area contributed by atoms with Crippen molar-refractivity contribution in [1.82, 2.24) is 10.6 Å². The minimum Gasteiger partial charge on any atom is -0.434 e. The van der Waals surface area contributed by atoms with Crippen molar-refractivity contribution in [2.75, 3.05) is 18.8 Å². The number of benzene rings is 2. The SMILES string of the molecule is CCNC(=NCc1ccccc1OC(F)F)NCCCS(=O)(=O)Cc1ccccc1. The van der Waals surface area contributed by atoms with Gasteiger partial charge in [-0.05, 0) is 25.0 Å². The van der Waals surface area contributed by atoms with E-state index < -0.39 is 16.4 Å². The highest BCUT2D eigenvalue weighted by Crippen LogP contribution is 2.20. The molecule has 30 heavy (non-hydrogen) atoms. The lowest BCUT2D eigenvalue weighted by molar-refractivity contribution is -0.0504. The molecule has 164 valence electrons. The Bertz CT molecular complexity index is 907. The smallest absolute Gasteiger partial charge is 0.387 e. The highest BCUT2D eigenvalue weighted by Gasteiger charge is 2.12. The number of guanidine groups is 1. The largest absolute Gasteiger partial charge is 0.434 e. The standard InChI is InChI=1S/C21H27F2N3O3S/c1-2-24-21(26-15-18-11-6-7-12-19(18)29-20(22)23)25-13-8-14-30(27,28)16-17-9-4-3-5-10-17/h3-7,9-12,20H,2,8,13-16H2,1H3,(H2,24,25,26). The molecule has 2 rings (SSSR count). The summed E-state index contributed by atoms with van der Waals surface area (Å²) in [6, 6.07) is 15.5. The summed E-state index contributed by atoms with van der Waals surface area (Å²) >= 11 is 0. The molecule has 0 saturated carbocycles. The van der Waals surface area contributed by atoms with Gasteiger partial charge in [-0.1, -0.05) is 48.5 Å². The molecule has 0 amide bonds. The van der Waals surface area contributed by atoms with E-state index in [1.807, 2.05) is 25.1 Å². The lowest BCUT2D eigenvalue weighted by Crippen LogP contribution is -2.38. The molecule has 0 heterocycles. The van der Waals surface area contributed by atoms with Crippen LogP contribution in [-0.4, -0.2) is 39.8 Å². The zero-order chi connectivity index (χ0) is 21.8. The molecule has 0 atom stereocenters. The highest BCUT2D eigenvalue weighted by molar-refractivity contribution is 7.90. The second kappa shape index (κ2) is 12.1. The third-order valence-electron chi connectivity index (χ3n) is 4.09. The van der Waals surface area contributed by atoms with Gasteiger partial charge in [-0.15, -0.1) is 0 Å². The Hall–Kier alpha value is -2.68. The molecule has 2 aromatic rings. The van der Waals surface area contributed by atoms with E-state index in [-0.39, 0.29) is 23.8 Å². The molecule has 0 spiro atoms. The zero-order valence-corrected chi connectivity index (χ0v) is 17.7. The minimum absolute atomic E-state index is 0.0168. The van der Waals surface area contributed by atoms with E-state index in [0.717, 1.165) is 5.56 Å². The van der Waals surface area contributed by atoms with Crippen molar-refractivity contribution in [2.45, 2.75) is 32.3 Å². The van der Waals surface area contributed by atoms with E-state index in [1.165, 1.54) is 6.07 Å². The molecule has 0 aliphatic heterocycles. The molecule has 0 aliphatic carbocycles. The van der Waals surface area contributed by atoms with Crippen molar-refractivity contribution in [2.24, 2.45) is 4.99 Å². The van der Waals surface area contributed by atoms with Crippen LogP contribution in [0.15, 0.2) is 59.6 Å². The number of hydrogen-bond donors (Lipinski definition) is 2. The van der Waals surface area contributed by atoms with E-state index in [9.17, 15) is 17.2 Å². The van der Waals surface area contributed by atoms with E-state index >= 15 is 0 Å². The number of nitrogens with zero attached hydrogens (tertiary/aromatic N) is 1. The summed E-state index contributed by atoms with van der Waals surface area (Å²) in [7, 11) is -3.21. The topological polar surface area (TPSA) is 79.8 Å². The normalized spacial score (nSPS) is 12.1. The predicted octanol–water partition coefficient (Wildman–Crippen LogP) is 3.35. The van der Waals surface area contributed by atoms with Gasteiger partial charge in [0.25, 0.3) is 0 Å². The number of ether oxygens (including phenoxy) is 1. The van der Waals surface area contributed by atoms with Gasteiger partial charge in [-0.25, -0.2) is 13.4 Å². The van der Waals surface area contributed by atoms with Crippen LogP contribution >= 0.6 is 0 Å². The summed E-state index contributed by atoms with van der Waals surface area (Å²) in [5.41, 5.74) is 1.30. The Morgan fingerprint density at radius 1 is 1.07 bits per heavy atom. The molecule has 9 heteroatoms. The van der Waals surface area contributed by atoms with Crippen LogP contribution in [0.1, 0.15) is 24.5 Å². The second-order valence-electron chi connectivity index (χ2n) is 6.54. The molecule has 0 fully saturated rings. The first-order valence-corrected chi connectivity index (χ1v) is 11.5. The summed E-state index contributed by atoms with van der Waals surface area (Å²) in [5.74, 6) is 0.631. The molecule has 2 aromatic carbocycles. The Balaban J connectivity index is 1.87. The summed E-state index contributed by atoms with van der Waals surface area (Å²) < 4.78 is 54.1. The maximum absolute atomic E-state index is 12.5. The Morgan fingerprint density at radius 3 is 2.47 bits per heavy atom. The van der Waals surface area contributed by atoms with Crippen molar-refractivity contribution in [1.29, 1.82) is 0 Å². The lowest BCUT2D eigenvalue weighted by Gasteiger charge is -2.13. The number of nitrogens with one attached hydrogen (secondary N) is 2. The van der Waals surface area contributed by atoms with Crippen molar-refractivity contribution in [3.63, 3.8) is 0 Å². The average Bonchev–Trinajstić information content (AvgIpc) is 2.70. The maximum Gasteiger partial charge on any atom is 0.387 e. The number of rotatable bonds is 11. The van der Waals surface area contributed by atoms with Gasteiger partial charge in [0, 0.05) is 18.7 Å². The zero-order valence-electron chi connectivity index (χ0n) is 16.9. The fraction of sp³-hybridized carbons (Fsp3) is 0.381. The van der Waals surface area contributed by atoms with Crippen LogP contribution in [0, 0.1) is 0 Å². The first kappa shape index (κ1) is 23.6. The van der Waals surface area contributed by atoms with Gasteiger partial charge < -0.3 is 15.4 Å². The van der Waals surface area contributed by atoms with Crippen LogP contribution < -0.4 is 15.4 Å². The van der Waals surface area contributed by atoms with Crippen molar-refractivity contribution >= 4 is 15.8 Å². The number of alkyl halides is 2. The number of para-hydroxylation sites is 1. The predicted molar refractivity (Wildman–Crippen MR) is 114 cm³/mol. The number of hydrogen-bond acceptors (Lipinski definition) is 4. The summed E-state index contributed by atoms with van der Waals surface area (Å²) in [6.45, 7) is 0.154. The van der Waals surface area contributed by atoms with Crippen molar-refractivity contribution < 1.29 is 21.9 Å². The molecule has 0 radical (unpaired) electrons. The van der Waals surface area contributed by atoms with Crippen LogP contribution in [0.25, 0.3) is 0 Å². The van der Waals surface area contributed by atoms with Crippen LogP contribution in [0.3, 0.4) is 0 Å². The monoisotopic (exact) mass is 439 g/mol. The third kappa shape index (κ3) is 8.77. The van der Waals surface area contributed by atoms with Crippen LogP contribution in [0.5, 0.6) is 5.75 Å². The van der Waals surface area contributed by atoms with Crippen molar-refractivity contribution in [3.05, 3.63) is 65.7 Å². The molecule has 2 N–H and O–H groups in total. The van der Waals surface area contributed by atoms with Gasteiger partial charge in [0.1, 0.15) is 5.75 Å². The number of aliphatic imine (C=N–C) groups is 1. The molecule has 0 aromatic heterocycles. The third-order valence-corrected chi connectivity index (χ3v) is 5.78. The summed E-state index contributed by atoms with van der Waals surface area (Å²) in [5, 5.41) is 6.12. The first-order valence-electron chi connectivity index (χ1n) is 9.69. The van der Waals surface area contributed by atoms with Crippen LogP contribution in [-0.2, 0) is 22.1 Å². The Kier molecular flexibility index (Phi) is 9.53. The van der Waals surface area contributed by atoms with Gasteiger partial charge in [0.15, 0.2) is 15.8 Å². The summed E-state index contributed by atoms with van der Waals surface area (Å²) in [4.78, 5) is 4.37. The molecule has 0 unspecified atom stereocenters. The van der Waals surface area contributed by atoms with Crippen LogP contribution in [0.4, 0.5) is 8.78 Å². The van der Waals surface area contributed by atoms with Crippen LogP contribution in [0.2, 0.25) is 0 Å². The highest BCUT2D eigenvalue weighted by atomic mass is 32.2. The van der Waals surface area contributed by atoms with E-state index in [4.69, 9.17) is 0 Å². The molecule has 0 saturated heterocycles. The minimum atomic E-state index is -3.21. The maximum atomic E-state index is 12.5. The molecule has 6 nitrogen and oxygen atoms in total. The van der Waals surface area contributed by atoms with E-state index in [0.29, 0.717) is 31.0 Å². The average molecular weight is 440 g/mol. The summed E-state index contributed by atoms with van der Waals surface area (Å²) in [6.07, 6.45) is 0.421. The lowest BCUT2D eigenvalue weighted by atomic mass is 10.2. The second-order valence-corrected chi connectivity index (χ2v) is 8.72. The van der Waals surface area contributed by atoms with E-state index in [1.54, 1.807) is 30.3 Å². The fourth-order valence-electron chi connectivity index (χ4n) is 2.75. The van der Waals surface area contributed by atoms with Gasteiger partial charge in [0.2, 0.25) is 0 Å². The van der Waals surface area contributed by atoms with Gasteiger partial charge in [-0.3, -0.25) is 0 Å². The Labute approximate surface area is 176 Å².